The molecule has 1 aromatic heterocycles. The van der Waals surface area contributed by atoms with Crippen molar-refractivity contribution < 1.29 is 19.0 Å². The molecule has 0 aliphatic heterocycles. The summed E-state index contributed by atoms with van der Waals surface area (Å²) in [5, 5.41) is 2.80. The number of nitrogens with zero attached hydrogens (tertiary/aromatic N) is 3. The summed E-state index contributed by atoms with van der Waals surface area (Å²) in [4.78, 5) is 21.7. The van der Waals surface area contributed by atoms with Gasteiger partial charge in [0.25, 0.3) is 5.91 Å². The quantitative estimate of drug-likeness (QED) is 0.163. The van der Waals surface area contributed by atoms with E-state index in [2.05, 4.69) is 35.2 Å². The molecule has 0 aliphatic rings. The van der Waals surface area contributed by atoms with Crippen LogP contribution in [-0.2, 0) is 26.1 Å². The molecule has 0 aliphatic carbocycles. The number of thiazole rings is 1. The Hall–Kier alpha value is -3.88. The molecule has 0 spiro atoms. The van der Waals surface area contributed by atoms with E-state index < -0.39 is 0 Å². The number of methoxy groups -OCH3 is 2. The number of hydrogen-bond acceptors (Lipinski definition) is 7. The summed E-state index contributed by atoms with van der Waals surface area (Å²) in [6, 6.07) is 24.5. The van der Waals surface area contributed by atoms with Crippen LogP contribution in [0.5, 0.6) is 17.2 Å². The molecule has 7 nitrogen and oxygen atoms in total. The third-order valence-electron chi connectivity index (χ3n) is 6.92. The van der Waals surface area contributed by atoms with Gasteiger partial charge in [-0.25, -0.2) is 4.98 Å². The number of aromatic nitrogens is 1. The fourth-order valence-corrected chi connectivity index (χ4v) is 5.38. The third-order valence-corrected chi connectivity index (χ3v) is 7.76. The molecule has 0 bridgehead atoms. The highest BCUT2D eigenvalue weighted by Crippen LogP contribution is 2.28. The molecule has 4 rings (SSSR count). The van der Waals surface area contributed by atoms with Crippen molar-refractivity contribution in [2.45, 2.75) is 40.0 Å². The van der Waals surface area contributed by atoms with Crippen LogP contribution in [0.15, 0.2) is 78.2 Å². The Balaban J connectivity index is 1.46. The Morgan fingerprint density at radius 1 is 0.829 bits per heavy atom. The minimum absolute atomic E-state index is 0.0135. The predicted molar refractivity (Wildman–Crippen MR) is 164 cm³/mol. The lowest BCUT2D eigenvalue weighted by molar-refractivity contribution is 0.0767. The number of ether oxygens (including phenoxy) is 3. The fraction of sp³-hybridized carbons (Fsp3) is 0.333. The van der Waals surface area contributed by atoms with Gasteiger partial charge in [0.05, 0.1) is 20.8 Å². The number of benzene rings is 3. The van der Waals surface area contributed by atoms with Gasteiger partial charge in [0.1, 0.15) is 23.1 Å². The molecule has 0 saturated heterocycles. The zero-order chi connectivity index (χ0) is 29.0. The van der Waals surface area contributed by atoms with Crippen molar-refractivity contribution in [1.29, 1.82) is 0 Å². The molecule has 0 N–H and O–H groups in total. The summed E-state index contributed by atoms with van der Waals surface area (Å²) in [6.45, 7) is 8.05. The predicted octanol–water partition coefficient (Wildman–Crippen LogP) is 6.47. The fourth-order valence-electron chi connectivity index (χ4n) is 4.57. The van der Waals surface area contributed by atoms with Gasteiger partial charge in [-0.05, 0) is 61.2 Å². The second kappa shape index (κ2) is 15.2. The van der Waals surface area contributed by atoms with Crippen molar-refractivity contribution in [3.8, 4) is 17.2 Å². The average molecular weight is 574 g/mol. The highest BCUT2D eigenvalue weighted by molar-refractivity contribution is 7.09. The second-order valence-corrected chi connectivity index (χ2v) is 10.6. The normalized spacial score (nSPS) is 11.0. The number of amides is 1. The summed E-state index contributed by atoms with van der Waals surface area (Å²) in [5.41, 5.74) is 4.00. The van der Waals surface area contributed by atoms with E-state index in [-0.39, 0.29) is 5.91 Å². The van der Waals surface area contributed by atoms with Crippen molar-refractivity contribution in [1.82, 2.24) is 14.8 Å². The van der Waals surface area contributed by atoms with Gasteiger partial charge in [-0.3, -0.25) is 9.69 Å². The van der Waals surface area contributed by atoms with Crippen LogP contribution in [0.4, 0.5) is 0 Å². The average Bonchev–Trinajstić information content (AvgIpc) is 3.49. The Morgan fingerprint density at radius 3 is 2.22 bits per heavy atom. The van der Waals surface area contributed by atoms with Gasteiger partial charge in [-0.1, -0.05) is 48.5 Å². The van der Waals surface area contributed by atoms with E-state index in [1.807, 2.05) is 61.7 Å². The number of carbonyl (C=O) groups is 1. The minimum atomic E-state index is -0.0135. The first-order valence-corrected chi connectivity index (χ1v) is 14.8. The molecule has 0 atom stereocenters. The van der Waals surface area contributed by atoms with Crippen LogP contribution in [0.2, 0.25) is 0 Å². The smallest absolute Gasteiger partial charge is 0.273 e. The van der Waals surface area contributed by atoms with Crippen LogP contribution >= 0.6 is 11.3 Å². The highest BCUT2D eigenvalue weighted by Gasteiger charge is 2.18. The molecular weight excluding hydrogens is 534 g/mol. The van der Waals surface area contributed by atoms with Crippen molar-refractivity contribution in [2.75, 3.05) is 33.9 Å². The highest BCUT2D eigenvalue weighted by atomic mass is 32.1. The first-order chi connectivity index (χ1) is 20.0. The van der Waals surface area contributed by atoms with Crippen LogP contribution in [0, 0.1) is 0 Å². The maximum Gasteiger partial charge on any atom is 0.273 e. The molecule has 3 aromatic carbocycles. The minimum Gasteiger partial charge on any atom is -0.493 e. The van der Waals surface area contributed by atoms with Crippen LogP contribution < -0.4 is 14.2 Å². The third kappa shape index (κ3) is 8.55. The van der Waals surface area contributed by atoms with Gasteiger partial charge in [-0.15, -0.1) is 11.3 Å². The van der Waals surface area contributed by atoms with E-state index >= 15 is 0 Å². The molecule has 8 heteroatoms. The second-order valence-electron chi connectivity index (χ2n) is 9.67. The van der Waals surface area contributed by atoms with Gasteiger partial charge in [0, 0.05) is 31.6 Å². The first kappa shape index (κ1) is 30.1. The summed E-state index contributed by atoms with van der Waals surface area (Å²) >= 11 is 1.54. The van der Waals surface area contributed by atoms with E-state index in [0.29, 0.717) is 31.9 Å². The van der Waals surface area contributed by atoms with E-state index in [1.165, 1.54) is 16.9 Å². The molecular formula is C33H39N3O4S. The standard InChI is InChI=1S/C33H39N3O4S/c1-5-36(6-2)33(37)29-24-41-32(34-29)22-35(19-18-25-14-17-30(38-3)31(20-25)39-4)21-26-12-15-28(16-13-26)40-23-27-10-8-7-9-11-27/h7-17,20,24H,5-6,18-19,21-23H2,1-4H3. The maximum absolute atomic E-state index is 12.8. The molecule has 0 fully saturated rings. The number of carbonyl (C=O) groups excluding carboxylic acids is 1. The Labute approximate surface area is 247 Å². The van der Waals surface area contributed by atoms with Crippen molar-refractivity contribution in [3.63, 3.8) is 0 Å². The van der Waals surface area contributed by atoms with E-state index in [9.17, 15) is 4.79 Å². The maximum atomic E-state index is 12.8. The van der Waals surface area contributed by atoms with Crippen LogP contribution in [0.3, 0.4) is 0 Å². The van der Waals surface area contributed by atoms with Crippen LogP contribution in [0.1, 0.15) is 46.0 Å². The van der Waals surface area contributed by atoms with Crippen molar-refractivity contribution in [2.24, 2.45) is 0 Å². The lowest BCUT2D eigenvalue weighted by Gasteiger charge is -2.22. The zero-order valence-electron chi connectivity index (χ0n) is 24.3. The van der Waals surface area contributed by atoms with Crippen molar-refractivity contribution in [3.05, 3.63) is 106 Å². The van der Waals surface area contributed by atoms with Crippen LogP contribution in [0.25, 0.3) is 0 Å². The summed E-state index contributed by atoms with van der Waals surface area (Å²) < 4.78 is 16.9. The molecule has 0 unspecified atom stereocenters. The number of rotatable bonds is 15. The zero-order valence-corrected chi connectivity index (χ0v) is 25.2. The topological polar surface area (TPSA) is 64.1 Å². The van der Waals surface area contributed by atoms with Gasteiger partial charge < -0.3 is 19.1 Å². The Morgan fingerprint density at radius 2 is 1.54 bits per heavy atom. The molecule has 216 valence electrons. The summed E-state index contributed by atoms with van der Waals surface area (Å²) in [6.07, 6.45) is 0.829. The van der Waals surface area contributed by atoms with Gasteiger partial charge in [0.2, 0.25) is 0 Å². The monoisotopic (exact) mass is 573 g/mol. The Kier molecular flexibility index (Phi) is 11.2. The van der Waals surface area contributed by atoms with E-state index in [0.717, 1.165) is 52.9 Å². The Bertz CT molecular complexity index is 1370. The van der Waals surface area contributed by atoms with Gasteiger partial charge in [0.15, 0.2) is 11.5 Å². The molecule has 41 heavy (non-hydrogen) atoms. The summed E-state index contributed by atoms with van der Waals surface area (Å²) in [5.74, 6) is 2.27. The van der Waals surface area contributed by atoms with Gasteiger partial charge in [-0.2, -0.15) is 0 Å². The lowest BCUT2D eigenvalue weighted by Crippen LogP contribution is -2.30. The first-order valence-electron chi connectivity index (χ1n) is 14.0. The SMILES string of the molecule is CCN(CC)C(=O)c1csc(CN(CCc2ccc(OC)c(OC)c2)Cc2ccc(OCc3ccccc3)cc2)n1. The van der Waals surface area contributed by atoms with Crippen LogP contribution in [-0.4, -0.2) is 54.5 Å². The molecule has 0 radical (unpaired) electrons. The van der Waals surface area contributed by atoms with Gasteiger partial charge >= 0.3 is 0 Å². The van der Waals surface area contributed by atoms with E-state index in [4.69, 9.17) is 19.2 Å². The van der Waals surface area contributed by atoms with Crippen molar-refractivity contribution >= 4 is 17.2 Å². The largest absolute Gasteiger partial charge is 0.493 e. The molecule has 1 heterocycles. The molecule has 0 saturated carbocycles. The van der Waals surface area contributed by atoms with E-state index in [1.54, 1.807) is 19.1 Å². The molecule has 1 amide bonds. The lowest BCUT2D eigenvalue weighted by atomic mass is 10.1. The number of hydrogen-bond donors (Lipinski definition) is 0. The molecule has 4 aromatic rings. The summed E-state index contributed by atoms with van der Waals surface area (Å²) in [7, 11) is 3.30.